The van der Waals surface area contributed by atoms with Gasteiger partial charge < -0.3 is 9.47 Å². The summed E-state index contributed by atoms with van der Waals surface area (Å²) in [6, 6.07) is 12.0. The summed E-state index contributed by atoms with van der Waals surface area (Å²) >= 11 is 0. The topological polar surface area (TPSA) is 35.5 Å². The van der Waals surface area contributed by atoms with Gasteiger partial charge in [-0.2, -0.15) is 0 Å². The van der Waals surface area contributed by atoms with Crippen molar-refractivity contribution in [3.8, 4) is 0 Å². The highest BCUT2D eigenvalue weighted by molar-refractivity contribution is 6.24. The monoisotopic (exact) mass is 278 g/mol. The van der Waals surface area contributed by atoms with E-state index in [4.69, 9.17) is 9.47 Å². The largest absolute Gasteiger partial charge is 0.463 e. The summed E-state index contributed by atoms with van der Waals surface area (Å²) in [6.45, 7) is 0.715. The van der Waals surface area contributed by atoms with Gasteiger partial charge in [0.15, 0.2) is 5.78 Å². The van der Waals surface area contributed by atoms with Gasteiger partial charge in [0.05, 0.1) is 18.1 Å². The predicted octanol–water partition coefficient (Wildman–Crippen LogP) is 3.53. The van der Waals surface area contributed by atoms with Crippen molar-refractivity contribution in [2.24, 2.45) is 5.92 Å². The molecular formula is C18H14O3. The van der Waals surface area contributed by atoms with Crippen LogP contribution in [0.25, 0.3) is 16.5 Å². The Morgan fingerprint density at radius 3 is 2.71 bits per heavy atom. The van der Waals surface area contributed by atoms with Gasteiger partial charge in [-0.25, -0.2) is 0 Å². The van der Waals surface area contributed by atoms with Crippen LogP contribution in [0.3, 0.4) is 0 Å². The molecule has 3 aliphatic rings. The number of ketones is 1. The Hall–Kier alpha value is -2.13. The Morgan fingerprint density at radius 1 is 1.05 bits per heavy atom. The molecule has 0 saturated carbocycles. The van der Waals surface area contributed by atoms with E-state index < -0.39 is 0 Å². The van der Waals surface area contributed by atoms with Crippen molar-refractivity contribution >= 4 is 22.3 Å². The second-order valence-electron chi connectivity index (χ2n) is 5.89. The summed E-state index contributed by atoms with van der Waals surface area (Å²) < 4.78 is 11.7. The maximum absolute atomic E-state index is 12.9. The molecule has 2 aromatic carbocycles. The van der Waals surface area contributed by atoms with Crippen LogP contribution in [0.15, 0.2) is 42.0 Å². The zero-order chi connectivity index (χ0) is 14.0. The van der Waals surface area contributed by atoms with Gasteiger partial charge in [0.25, 0.3) is 0 Å². The van der Waals surface area contributed by atoms with E-state index in [1.54, 1.807) is 0 Å². The molecule has 0 radical (unpaired) electrons. The number of hydrogen-bond acceptors (Lipinski definition) is 3. The van der Waals surface area contributed by atoms with Crippen LogP contribution in [0.1, 0.15) is 28.8 Å². The average molecular weight is 278 g/mol. The predicted molar refractivity (Wildman–Crippen MR) is 78.7 cm³/mol. The number of hydrogen-bond donors (Lipinski definition) is 0. The van der Waals surface area contributed by atoms with E-state index >= 15 is 0 Å². The van der Waals surface area contributed by atoms with Crippen molar-refractivity contribution in [1.29, 1.82) is 0 Å². The highest BCUT2D eigenvalue weighted by Crippen LogP contribution is 2.48. The quantitative estimate of drug-likeness (QED) is 0.739. The van der Waals surface area contributed by atoms with Crippen LogP contribution in [0.5, 0.6) is 0 Å². The van der Waals surface area contributed by atoms with Crippen LogP contribution in [-0.2, 0) is 9.47 Å². The summed E-state index contributed by atoms with van der Waals surface area (Å²) in [6.07, 6.45) is 1.67. The normalized spacial score (nSPS) is 26.6. The molecule has 0 bridgehead atoms. The van der Waals surface area contributed by atoms with Crippen molar-refractivity contribution in [3.63, 3.8) is 0 Å². The fourth-order valence-corrected chi connectivity index (χ4v) is 3.84. The molecule has 0 aromatic heterocycles. The van der Waals surface area contributed by atoms with E-state index in [0.29, 0.717) is 6.61 Å². The zero-order valence-electron chi connectivity index (χ0n) is 11.5. The first-order chi connectivity index (χ1) is 10.3. The van der Waals surface area contributed by atoms with Crippen molar-refractivity contribution in [2.45, 2.75) is 19.1 Å². The third-order valence-electron chi connectivity index (χ3n) is 4.76. The summed E-state index contributed by atoms with van der Waals surface area (Å²) in [5.74, 6) is 0.957. The molecule has 1 fully saturated rings. The van der Waals surface area contributed by atoms with Crippen LogP contribution < -0.4 is 0 Å². The Balaban J connectivity index is 1.82. The second kappa shape index (κ2) is 3.95. The highest BCUT2D eigenvalue weighted by atomic mass is 16.7. The van der Waals surface area contributed by atoms with E-state index in [9.17, 15) is 4.79 Å². The molecule has 1 saturated heterocycles. The van der Waals surface area contributed by atoms with Crippen molar-refractivity contribution in [2.75, 3.05) is 6.61 Å². The Bertz CT molecular complexity index is 813. The number of carbonyl (C=O) groups is 1. The zero-order valence-corrected chi connectivity index (χ0v) is 11.5. The van der Waals surface area contributed by atoms with Gasteiger partial charge in [0.1, 0.15) is 5.76 Å². The minimum Gasteiger partial charge on any atom is -0.463 e. The first kappa shape index (κ1) is 11.5. The minimum absolute atomic E-state index is 0.0878. The molecular weight excluding hydrogens is 264 g/mol. The summed E-state index contributed by atoms with van der Waals surface area (Å²) in [5, 5.41) is 2.10. The molecule has 0 amide bonds. The van der Waals surface area contributed by atoms with Gasteiger partial charge in [-0.3, -0.25) is 4.79 Å². The van der Waals surface area contributed by atoms with Crippen molar-refractivity contribution < 1.29 is 14.3 Å². The summed E-state index contributed by atoms with van der Waals surface area (Å²) in [5.41, 5.74) is 2.67. The second-order valence-corrected chi connectivity index (χ2v) is 5.89. The molecule has 2 aliphatic heterocycles. The van der Waals surface area contributed by atoms with Gasteiger partial charge in [-0.1, -0.05) is 36.4 Å². The van der Waals surface area contributed by atoms with Gasteiger partial charge >= 0.3 is 0 Å². The molecule has 3 nitrogen and oxygen atoms in total. The molecule has 0 unspecified atom stereocenters. The number of fused-ring (bicyclic) bond motifs is 3. The Labute approximate surface area is 122 Å². The minimum atomic E-state index is -0.280. The van der Waals surface area contributed by atoms with Crippen LogP contribution in [-0.4, -0.2) is 18.7 Å². The molecule has 2 atom stereocenters. The van der Waals surface area contributed by atoms with Gasteiger partial charge in [-0.15, -0.1) is 0 Å². The lowest BCUT2D eigenvalue weighted by molar-refractivity contribution is -0.132. The maximum atomic E-state index is 12.9. The van der Waals surface area contributed by atoms with E-state index in [-0.39, 0.29) is 18.0 Å². The summed E-state index contributed by atoms with van der Waals surface area (Å²) in [7, 11) is 0. The van der Waals surface area contributed by atoms with E-state index in [2.05, 4.69) is 0 Å². The van der Waals surface area contributed by atoms with Gasteiger partial charge in [0, 0.05) is 16.5 Å². The maximum Gasteiger partial charge on any atom is 0.207 e. The Kier molecular flexibility index (Phi) is 2.17. The average Bonchev–Trinajstić information content (AvgIpc) is 2.92. The molecule has 1 aliphatic carbocycles. The molecule has 5 rings (SSSR count). The molecule has 104 valence electrons. The molecule has 0 spiro atoms. The summed E-state index contributed by atoms with van der Waals surface area (Å²) in [4.78, 5) is 12.9. The fourth-order valence-electron chi connectivity index (χ4n) is 3.84. The van der Waals surface area contributed by atoms with E-state index in [1.807, 2.05) is 36.4 Å². The van der Waals surface area contributed by atoms with Crippen LogP contribution >= 0.6 is 0 Å². The highest BCUT2D eigenvalue weighted by Gasteiger charge is 2.45. The first-order valence-corrected chi connectivity index (χ1v) is 7.44. The lowest BCUT2D eigenvalue weighted by Gasteiger charge is -2.25. The first-order valence-electron chi connectivity index (χ1n) is 7.44. The van der Waals surface area contributed by atoms with Crippen molar-refractivity contribution in [1.82, 2.24) is 0 Å². The standard InChI is InChI=1S/C18H14O3/c19-16-11-6-1-4-10-5-2-7-12(14(10)11)17-15(16)13-8-3-9-20-18(13)21-17/h1-2,4-7,13,18H,3,8-9H2/t13-,18+/m0/s1. The van der Waals surface area contributed by atoms with Crippen molar-refractivity contribution in [3.05, 3.63) is 53.1 Å². The lowest BCUT2D eigenvalue weighted by atomic mass is 9.81. The number of rotatable bonds is 0. The molecule has 21 heavy (non-hydrogen) atoms. The van der Waals surface area contributed by atoms with E-state index in [0.717, 1.165) is 46.1 Å². The third-order valence-corrected chi connectivity index (χ3v) is 4.76. The van der Waals surface area contributed by atoms with Crippen LogP contribution in [0.4, 0.5) is 0 Å². The third kappa shape index (κ3) is 1.39. The smallest absolute Gasteiger partial charge is 0.207 e. The van der Waals surface area contributed by atoms with Gasteiger partial charge in [-0.05, 0) is 18.2 Å². The van der Waals surface area contributed by atoms with Crippen LogP contribution in [0.2, 0.25) is 0 Å². The fraction of sp³-hybridized carbons (Fsp3) is 0.278. The number of Topliss-reactive ketones (excluding diaryl/α,β-unsaturated/α-hetero) is 1. The number of benzene rings is 2. The number of carbonyl (C=O) groups excluding carboxylic acids is 1. The number of ether oxygens (including phenoxy) is 2. The SMILES string of the molecule is O=C1C2=C(O[C@H]3OCCC[C@@H]23)c2cccc3cccc1c23. The van der Waals surface area contributed by atoms with Gasteiger partial charge in [0.2, 0.25) is 6.29 Å². The van der Waals surface area contributed by atoms with E-state index in [1.165, 1.54) is 0 Å². The Morgan fingerprint density at radius 2 is 1.86 bits per heavy atom. The molecule has 3 heteroatoms. The molecule has 2 heterocycles. The molecule has 0 N–H and O–H groups in total. The van der Waals surface area contributed by atoms with Crippen LogP contribution in [0, 0.1) is 5.92 Å². The molecule has 2 aromatic rings. The lowest BCUT2D eigenvalue weighted by Crippen LogP contribution is -2.29.